The Morgan fingerprint density at radius 1 is 0.846 bits per heavy atom. The molecule has 0 N–H and O–H groups in total. The molecule has 1 fully saturated rings. The van der Waals surface area contributed by atoms with E-state index >= 15 is 0 Å². The summed E-state index contributed by atoms with van der Waals surface area (Å²) in [5, 5.41) is 6.49. The third kappa shape index (κ3) is 3.22. The number of hydrogen-bond donors (Lipinski definition) is 0. The summed E-state index contributed by atoms with van der Waals surface area (Å²) in [4.78, 5) is 43.9. The topological polar surface area (TPSA) is 85.3 Å². The van der Waals surface area contributed by atoms with E-state index in [0.717, 1.165) is 11.1 Å². The average molecular weight is 523 g/mol. The number of hydrogen-bond acceptors (Lipinski definition) is 7. The number of ether oxygens (including phenoxy) is 2. The van der Waals surface area contributed by atoms with Gasteiger partial charge >= 0.3 is 0 Å². The second kappa shape index (κ2) is 8.63. The van der Waals surface area contributed by atoms with Gasteiger partial charge in [-0.15, -0.1) is 0 Å². The van der Waals surface area contributed by atoms with Gasteiger partial charge in [-0.3, -0.25) is 19.4 Å². The molecule has 3 atom stereocenters. The number of Topliss-reactive ketones (excluding diaryl/α,β-unsaturated/α-hetero) is 3. The van der Waals surface area contributed by atoms with Gasteiger partial charge in [-0.2, -0.15) is 5.10 Å². The molecule has 3 aliphatic rings. The monoisotopic (exact) mass is 522 g/mol. The van der Waals surface area contributed by atoms with Crippen LogP contribution in [0, 0.1) is 10.8 Å². The molecule has 2 heterocycles. The molecular weight excluding hydrogens is 492 g/mol. The highest BCUT2D eigenvalue weighted by atomic mass is 16.5. The van der Waals surface area contributed by atoms with E-state index in [1.807, 2.05) is 51.1 Å². The van der Waals surface area contributed by atoms with Crippen LogP contribution in [-0.2, 0) is 4.79 Å². The number of rotatable bonds is 4. The molecule has 0 radical (unpaired) electrons. The van der Waals surface area contributed by atoms with Crippen molar-refractivity contribution in [3.05, 3.63) is 94.5 Å². The molecule has 1 saturated heterocycles. The lowest BCUT2D eigenvalue weighted by Gasteiger charge is -2.36. The highest BCUT2D eigenvalue weighted by molar-refractivity contribution is 6.31. The number of methoxy groups -OCH3 is 2. The molecule has 198 valence electrons. The van der Waals surface area contributed by atoms with Crippen LogP contribution >= 0.6 is 0 Å². The molecule has 0 bridgehead atoms. The molecule has 3 aromatic carbocycles. The van der Waals surface area contributed by atoms with Crippen LogP contribution in [0.15, 0.2) is 71.8 Å². The van der Waals surface area contributed by atoms with Crippen molar-refractivity contribution in [1.82, 2.24) is 5.01 Å². The Balaban J connectivity index is 1.75. The summed E-state index contributed by atoms with van der Waals surface area (Å²) in [5.74, 6) is -0.767. The van der Waals surface area contributed by atoms with E-state index in [1.165, 1.54) is 14.2 Å². The first kappa shape index (κ1) is 25.0. The zero-order valence-corrected chi connectivity index (χ0v) is 22.6. The molecule has 1 unspecified atom stereocenters. The molecule has 7 nitrogen and oxygen atoms in total. The van der Waals surface area contributed by atoms with Crippen LogP contribution in [0.1, 0.15) is 70.1 Å². The number of benzene rings is 3. The predicted molar refractivity (Wildman–Crippen MR) is 147 cm³/mol. The lowest BCUT2D eigenvalue weighted by Crippen LogP contribution is -2.45. The zero-order chi connectivity index (χ0) is 27.7. The van der Waals surface area contributed by atoms with Crippen molar-refractivity contribution in [2.45, 2.75) is 38.8 Å². The minimum absolute atomic E-state index is 0.118. The van der Waals surface area contributed by atoms with Gasteiger partial charge in [0.15, 0.2) is 28.8 Å². The normalized spacial score (nSPS) is 22.5. The maximum atomic E-state index is 14.8. The van der Waals surface area contributed by atoms with E-state index in [4.69, 9.17) is 14.6 Å². The molecule has 6 rings (SSSR count). The molecule has 1 spiro atoms. The van der Waals surface area contributed by atoms with Crippen molar-refractivity contribution in [3.8, 4) is 11.5 Å². The van der Waals surface area contributed by atoms with Crippen molar-refractivity contribution < 1.29 is 23.9 Å². The molecule has 1 aliphatic carbocycles. The molecule has 7 heteroatoms. The van der Waals surface area contributed by atoms with Crippen molar-refractivity contribution in [3.63, 3.8) is 0 Å². The summed E-state index contributed by atoms with van der Waals surface area (Å²) in [6.45, 7) is 5.55. The summed E-state index contributed by atoms with van der Waals surface area (Å²) in [6, 6.07) is 18.2. The van der Waals surface area contributed by atoms with Gasteiger partial charge in [0.05, 0.1) is 26.5 Å². The lowest BCUT2D eigenvalue weighted by molar-refractivity contribution is -0.131. The van der Waals surface area contributed by atoms with Crippen LogP contribution in [0.5, 0.6) is 11.5 Å². The third-order valence-corrected chi connectivity index (χ3v) is 8.35. The molecule has 0 saturated carbocycles. The SMILES string of the molecule is COc1cccc([C@H]2[C@H](C(=O)C(C)(C)C)N3N=Cc4ccccc4C3C23C(=O)c2ccccc2C3=O)c1OC. The van der Waals surface area contributed by atoms with Gasteiger partial charge in [0, 0.05) is 28.0 Å². The van der Waals surface area contributed by atoms with Gasteiger partial charge in [0.1, 0.15) is 11.5 Å². The standard InChI is InChI=1S/C32H30N2O5/c1-31(2,3)30(37)25-24(22-15-10-16-23(38-4)26(22)39-5)32(28(35)20-13-8-9-14-21(20)29(32)36)27-19-12-7-6-11-18(19)17-33-34(25)27/h6-17,24-25,27H,1-5H3/t24-,25+,27?/m0/s1. The second-order valence-corrected chi connectivity index (χ2v) is 11.3. The number of fused-ring (bicyclic) bond motifs is 5. The highest BCUT2D eigenvalue weighted by Gasteiger charge is 2.73. The number of nitrogens with zero attached hydrogens (tertiary/aromatic N) is 2. The van der Waals surface area contributed by atoms with Crippen LogP contribution in [0.3, 0.4) is 0 Å². The van der Waals surface area contributed by atoms with E-state index in [-0.39, 0.29) is 17.3 Å². The van der Waals surface area contributed by atoms with Gasteiger partial charge < -0.3 is 9.47 Å². The fourth-order valence-electron chi connectivity index (χ4n) is 6.72. The minimum atomic E-state index is -1.65. The quantitative estimate of drug-likeness (QED) is 0.436. The Morgan fingerprint density at radius 3 is 2.08 bits per heavy atom. The van der Waals surface area contributed by atoms with E-state index in [1.54, 1.807) is 47.6 Å². The first-order valence-corrected chi connectivity index (χ1v) is 13.0. The fraction of sp³-hybridized carbons (Fsp3) is 0.312. The van der Waals surface area contributed by atoms with Gasteiger partial charge in [-0.25, -0.2) is 0 Å². The van der Waals surface area contributed by atoms with Gasteiger partial charge in [0.25, 0.3) is 0 Å². The van der Waals surface area contributed by atoms with Crippen molar-refractivity contribution in [1.29, 1.82) is 0 Å². The Hall–Kier alpha value is -4.26. The lowest BCUT2D eigenvalue weighted by atomic mass is 9.62. The molecule has 0 amide bonds. The van der Waals surface area contributed by atoms with Gasteiger partial charge in [-0.1, -0.05) is 81.4 Å². The second-order valence-electron chi connectivity index (χ2n) is 11.3. The number of hydrazone groups is 1. The summed E-state index contributed by atoms with van der Waals surface area (Å²) < 4.78 is 11.5. The number of carbonyl (C=O) groups excluding carboxylic acids is 3. The minimum Gasteiger partial charge on any atom is -0.493 e. The molecule has 3 aromatic rings. The van der Waals surface area contributed by atoms with Gasteiger partial charge in [0.2, 0.25) is 0 Å². The molecule has 2 aliphatic heterocycles. The maximum Gasteiger partial charge on any atom is 0.180 e. The Bertz CT molecular complexity index is 1530. The summed E-state index contributed by atoms with van der Waals surface area (Å²) in [6.07, 6.45) is 1.71. The van der Waals surface area contributed by atoms with Crippen LogP contribution in [0.25, 0.3) is 0 Å². The number of para-hydroxylation sites is 1. The maximum absolute atomic E-state index is 14.8. The third-order valence-electron chi connectivity index (χ3n) is 8.35. The number of carbonyl (C=O) groups is 3. The van der Waals surface area contributed by atoms with E-state index in [2.05, 4.69) is 0 Å². The van der Waals surface area contributed by atoms with Crippen molar-refractivity contribution >= 4 is 23.6 Å². The van der Waals surface area contributed by atoms with Crippen LogP contribution in [0.2, 0.25) is 0 Å². The first-order valence-electron chi connectivity index (χ1n) is 13.0. The number of ketones is 3. The Labute approximate surface area is 227 Å². The predicted octanol–water partition coefficient (Wildman–Crippen LogP) is 5.24. The van der Waals surface area contributed by atoms with Crippen LogP contribution in [-0.4, -0.2) is 48.8 Å². The molecule has 39 heavy (non-hydrogen) atoms. The van der Waals surface area contributed by atoms with Gasteiger partial charge in [-0.05, 0) is 17.2 Å². The Kier molecular flexibility index (Phi) is 5.54. The van der Waals surface area contributed by atoms with E-state index in [0.29, 0.717) is 28.2 Å². The van der Waals surface area contributed by atoms with Crippen molar-refractivity contribution in [2.24, 2.45) is 15.9 Å². The summed E-state index contributed by atoms with van der Waals surface area (Å²) in [7, 11) is 3.06. The van der Waals surface area contributed by atoms with Crippen LogP contribution in [0.4, 0.5) is 0 Å². The fourth-order valence-corrected chi connectivity index (χ4v) is 6.72. The molecular formula is C32H30N2O5. The van der Waals surface area contributed by atoms with Crippen LogP contribution < -0.4 is 9.47 Å². The average Bonchev–Trinajstić information content (AvgIpc) is 3.37. The van der Waals surface area contributed by atoms with E-state index < -0.39 is 28.8 Å². The zero-order valence-electron chi connectivity index (χ0n) is 22.6. The smallest absolute Gasteiger partial charge is 0.180 e. The summed E-state index contributed by atoms with van der Waals surface area (Å²) in [5.41, 5.74) is 0.470. The first-order chi connectivity index (χ1) is 18.7. The highest BCUT2D eigenvalue weighted by Crippen LogP contribution is 2.66. The Morgan fingerprint density at radius 2 is 1.46 bits per heavy atom. The van der Waals surface area contributed by atoms with E-state index in [9.17, 15) is 14.4 Å². The largest absolute Gasteiger partial charge is 0.493 e. The summed E-state index contributed by atoms with van der Waals surface area (Å²) >= 11 is 0. The van der Waals surface area contributed by atoms with Crippen molar-refractivity contribution in [2.75, 3.05) is 14.2 Å². The molecule has 0 aromatic heterocycles.